The van der Waals surface area contributed by atoms with Gasteiger partial charge < -0.3 is 9.64 Å². The number of carbonyl (C=O) groups is 1. The number of nitrogens with zero attached hydrogens (tertiary/aromatic N) is 2. The number of ether oxygens (including phenoxy) is 1. The summed E-state index contributed by atoms with van der Waals surface area (Å²) in [5, 5.41) is 0. The molecule has 0 radical (unpaired) electrons. The second-order valence-electron chi connectivity index (χ2n) is 6.14. The van der Waals surface area contributed by atoms with Crippen LogP contribution < -0.4 is 4.74 Å². The second kappa shape index (κ2) is 8.33. The highest BCUT2D eigenvalue weighted by Crippen LogP contribution is 2.16. The normalized spacial score (nSPS) is 11.4. The average molecular weight is 376 g/mol. The van der Waals surface area contributed by atoms with Gasteiger partial charge in [-0.3, -0.25) is 4.79 Å². The van der Waals surface area contributed by atoms with Crippen molar-refractivity contribution in [3.8, 4) is 5.75 Å². The molecule has 6 nitrogen and oxygen atoms in total. The first kappa shape index (κ1) is 19.9. The minimum Gasteiger partial charge on any atom is -0.497 e. The Labute approximate surface area is 155 Å². The number of amides is 1. The maximum Gasteiger partial charge on any atom is 0.253 e. The SMILES string of the molecule is COc1ccc(CCN(C)C(=O)c2ccc(S(=O)(=O)N(C)C)cc2)cc1. The third-order valence-corrected chi connectivity index (χ3v) is 5.95. The van der Waals surface area contributed by atoms with Crippen molar-refractivity contribution in [3.05, 3.63) is 59.7 Å². The number of likely N-dealkylation sites (N-methyl/N-ethyl adjacent to an activating group) is 1. The van der Waals surface area contributed by atoms with Crippen molar-refractivity contribution in [2.75, 3.05) is 34.8 Å². The Hall–Kier alpha value is -2.38. The van der Waals surface area contributed by atoms with Crippen LogP contribution in [0.2, 0.25) is 0 Å². The lowest BCUT2D eigenvalue weighted by molar-refractivity contribution is 0.0796. The summed E-state index contributed by atoms with van der Waals surface area (Å²) in [4.78, 5) is 14.3. The fourth-order valence-corrected chi connectivity index (χ4v) is 3.29. The summed E-state index contributed by atoms with van der Waals surface area (Å²) in [5.41, 5.74) is 1.57. The largest absolute Gasteiger partial charge is 0.497 e. The third-order valence-electron chi connectivity index (χ3n) is 4.12. The van der Waals surface area contributed by atoms with Gasteiger partial charge in [0.1, 0.15) is 5.75 Å². The number of hydrogen-bond donors (Lipinski definition) is 0. The van der Waals surface area contributed by atoms with E-state index in [9.17, 15) is 13.2 Å². The van der Waals surface area contributed by atoms with E-state index in [1.54, 1.807) is 31.2 Å². The number of carbonyl (C=O) groups excluding carboxylic acids is 1. The van der Waals surface area contributed by atoms with E-state index in [1.165, 1.54) is 26.2 Å². The Morgan fingerprint density at radius 2 is 1.54 bits per heavy atom. The molecule has 2 rings (SSSR count). The van der Waals surface area contributed by atoms with Crippen molar-refractivity contribution in [1.29, 1.82) is 0 Å². The molecule has 0 unspecified atom stereocenters. The summed E-state index contributed by atoms with van der Waals surface area (Å²) >= 11 is 0. The summed E-state index contributed by atoms with van der Waals surface area (Å²) in [7, 11) is 2.81. The highest BCUT2D eigenvalue weighted by atomic mass is 32.2. The monoisotopic (exact) mass is 376 g/mol. The molecule has 0 aliphatic carbocycles. The van der Waals surface area contributed by atoms with E-state index < -0.39 is 10.0 Å². The zero-order chi connectivity index (χ0) is 19.3. The van der Waals surface area contributed by atoms with Crippen molar-refractivity contribution in [2.24, 2.45) is 0 Å². The molecule has 0 atom stereocenters. The molecule has 0 aliphatic rings. The number of hydrogen-bond acceptors (Lipinski definition) is 4. The number of benzene rings is 2. The predicted octanol–water partition coefficient (Wildman–Crippen LogP) is 2.26. The third kappa shape index (κ3) is 4.62. The molecule has 0 spiro atoms. The van der Waals surface area contributed by atoms with E-state index in [4.69, 9.17) is 4.74 Å². The predicted molar refractivity (Wildman–Crippen MR) is 101 cm³/mol. The van der Waals surface area contributed by atoms with E-state index in [-0.39, 0.29) is 10.8 Å². The number of sulfonamides is 1. The van der Waals surface area contributed by atoms with Crippen LogP contribution in [-0.2, 0) is 16.4 Å². The quantitative estimate of drug-likeness (QED) is 0.743. The lowest BCUT2D eigenvalue weighted by Crippen LogP contribution is -2.29. The zero-order valence-corrected chi connectivity index (χ0v) is 16.3. The summed E-state index contributed by atoms with van der Waals surface area (Å²) in [6, 6.07) is 13.7. The molecule has 0 saturated heterocycles. The molecule has 26 heavy (non-hydrogen) atoms. The van der Waals surface area contributed by atoms with Crippen molar-refractivity contribution < 1.29 is 17.9 Å². The Morgan fingerprint density at radius 3 is 2.04 bits per heavy atom. The van der Waals surface area contributed by atoms with Crippen LogP contribution >= 0.6 is 0 Å². The van der Waals surface area contributed by atoms with Crippen LogP contribution in [-0.4, -0.2) is 58.3 Å². The second-order valence-corrected chi connectivity index (χ2v) is 8.29. The standard InChI is InChI=1S/C19H24N2O4S/c1-20(2)26(23,24)18-11-7-16(8-12-18)19(22)21(3)14-13-15-5-9-17(25-4)10-6-15/h5-12H,13-14H2,1-4H3. The van der Waals surface area contributed by atoms with Gasteiger partial charge in [0.05, 0.1) is 12.0 Å². The van der Waals surface area contributed by atoms with Gasteiger partial charge in [-0.1, -0.05) is 12.1 Å². The van der Waals surface area contributed by atoms with Gasteiger partial charge in [0.2, 0.25) is 10.0 Å². The molecule has 0 heterocycles. The Balaban J connectivity index is 2.01. The van der Waals surface area contributed by atoms with E-state index in [2.05, 4.69) is 0 Å². The van der Waals surface area contributed by atoms with Gasteiger partial charge >= 0.3 is 0 Å². The molecule has 0 aromatic heterocycles. The highest BCUT2D eigenvalue weighted by molar-refractivity contribution is 7.89. The van der Waals surface area contributed by atoms with Crippen LogP contribution in [0.3, 0.4) is 0 Å². The highest BCUT2D eigenvalue weighted by Gasteiger charge is 2.18. The summed E-state index contributed by atoms with van der Waals surface area (Å²) in [6.07, 6.45) is 0.722. The van der Waals surface area contributed by atoms with E-state index in [0.717, 1.165) is 22.0 Å². The van der Waals surface area contributed by atoms with E-state index >= 15 is 0 Å². The molecule has 140 valence electrons. The lowest BCUT2D eigenvalue weighted by Gasteiger charge is -2.18. The van der Waals surface area contributed by atoms with Gasteiger partial charge in [-0.2, -0.15) is 0 Å². The van der Waals surface area contributed by atoms with Gasteiger partial charge in [0, 0.05) is 33.3 Å². The average Bonchev–Trinajstić information content (AvgIpc) is 2.65. The summed E-state index contributed by atoms with van der Waals surface area (Å²) in [6.45, 7) is 0.558. The summed E-state index contributed by atoms with van der Waals surface area (Å²) in [5.74, 6) is 0.651. The van der Waals surface area contributed by atoms with E-state index in [1.807, 2.05) is 24.3 Å². The molecule has 0 bridgehead atoms. The molecule has 7 heteroatoms. The maximum absolute atomic E-state index is 12.5. The van der Waals surface area contributed by atoms with Crippen LogP contribution in [0.15, 0.2) is 53.4 Å². The first-order valence-electron chi connectivity index (χ1n) is 8.16. The Morgan fingerprint density at radius 1 is 0.962 bits per heavy atom. The molecule has 0 N–H and O–H groups in total. The molecule has 2 aromatic rings. The van der Waals surface area contributed by atoms with Gasteiger partial charge in [0.15, 0.2) is 0 Å². The molecule has 2 aromatic carbocycles. The molecule has 0 aliphatic heterocycles. The Kier molecular flexibility index (Phi) is 6.39. The van der Waals surface area contributed by atoms with Gasteiger partial charge in [-0.25, -0.2) is 12.7 Å². The van der Waals surface area contributed by atoms with Crippen LogP contribution in [0.25, 0.3) is 0 Å². The van der Waals surface area contributed by atoms with Crippen LogP contribution in [0.4, 0.5) is 0 Å². The van der Waals surface area contributed by atoms with Crippen molar-refractivity contribution in [1.82, 2.24) is 9.21 Å². The van der Waals surface area contributed by atoms with Crippen molar-refractivity contribution in [3.63, 3.8) is 0 Å². The lowest BCUT2D eigenvalue weighted by atomic mass is 10.1. The number of rotatable bonds is 7. The van der Waals surface area contributed by atoms with Crippen molar-refractivity contribution in [2.45, 2.75) is 11.3 Å². The zero-order valence-electron chi connectivity index (χ0n) is 15.5. The molecular weight excluding hydrogens is 352 g/mol. The Bertz CT molecular complexity index is 844. The summed E-state index contributed by atoms with van der Waals surface area (Å²) < 4.78 is 30.4. The van der Waals surface area contributed by atoms with Crippen LogP contribution in [0, 0.1) is 0 Å². The van der Waals surface area contributed by atoms with Gasteiger partial charge in [-0.05, 0) is 48.4 Å². The topological polar surface area (TPSA) is 66.9 Å². The van der Waals surface area contributed by atoms with Crippen LogP contribution in [0.5, 0.6) is 5.75 Å². The molecule has 0 saturated carbocycles. The first-order valence-corrected chi connectivity index (χ1v) is 9.60. The van der Waals surface area contributed by atoms with Gasteiger partial charge in [-0.15, -0.1) is 0 Å². The van der Waals surface area contributed by atoms with Crippen molar-refractivity contribution >= 4 is 15.9 Å². The smallest absolute Gasteiger partial charge is 0.253 e. The fourth-order valence-electron chi connectivity index (χ4n) is 2.39. The first-order chi connectivity index (χ1) is 12.3. The number of methoxy groups -OCH3 is 1. The van der Waals surface area contributed by atoms with Gasteiger partial charge in [0.25, 0.3) is 5.91 Å². The molecule has 0 fully saturated rings. The minimum atomic E-state index is -3.49. The fraction of sp³-hybridized carbons (Fsp3) is 0.316. The van der Waals surface area contributed by atoms with Crippen LogP contribution in [0.1, 0.15) is 15.9 Å². The minimum absolute atomic E-state index is 0.146. The van der Waals surface area contributed by atoms with E-state index in [0.29, 0.717) is 12.1 Å². The molecule has 1 amide bonds. The maximum atomic E-state index is 12.5. The molecular formula is C19H24N2O4S.